The van der Waals surface area contributed by atoms with Gasteiger partial charge in [0.1, 0.15) is 12.4 Å². The van der Waals surface area contributed by atoms with Crippen LogP contribution in [0.15, 0.2) is 23.6 Å². The van der Waals surface area contributed by atoms with Crippen molar-refractivity contribution in [3.63, 3.8) is 0 Å². The minimum absolute atomic E-state index is 0.0787. The highest BCUT2D eigenvalue weighted by Gasteiger charge is 2.10. The number of thiazole rings is 1. The van der Waals surface area contributed by atoms with Crippen molar-refractivity contribution in [2.24, 2.45) is 0 Å². The van der Waals surface area contributed by atoms with Gasteiger partial charge in [-0.1, -0.05) is 0 Å². The number of aliphatic hydroxyl groups excluding tert-OH is 1. The fourth-order valence-electron chi connectivity index (χ4n) is 2.32. The first-order valence-electron chi connectivity index (χ1n) is 6.44. The van der Waals surface area contributed by atoms with E-state index in [1.165, 1.54) is 0 Å². The SMILES string of the molecule is Cc1nc(CCn2c(CO)nc3cc(N)ccc32)cs1. The van der Waals surface area contributed by atoms with E-state index < -0.39 is 0 Å². The lowest BCUT2D eigenvalue weighted by Gasteiger charge is -2.06. The standard InChI is InChI=1S/C14H16N4OS/c1-9-16-11(8-20-9)4-5-18-13-3-2-10(15)6-12(13)17-14(18)7-19/h2-3,6,8,19H,4-5,7,15H2,1H3. The molecular formula is C14H16N4OS. The maximum absolute atomic E-state index is 9.46. The summed E-state index contributed by atoms with van der Waals surface area (Å²) in [6.07, 6.45) is 0.827. The number of aryl methyl sites for hydroxylation is 3. The Hall–Kier alpha value is -1.92. The Morgan fingerprint density at radius 1 is 1.35 bits per heavy atom. The van der Waals surface area contributed by atoms with Crippen LogP contribution in [0.2, 0.25) is 0 Å². The summed E-state index contributed by atoms with van der Waals surface area (Å²) in [4.78, 5) is 8.89. The molecule has 0 saturated carbocycles. The van der Waals surface area contributed by atoms with Gasteiger partial charge in [-0.15, -0.1) is 11.3 Å². The Labute approximate surface area is 120 Å². The molecule has 0 aliphatic rings. The molecule has 104 valence electrons. The second kappa shape index (κ2) is 5.22. The van der Waals surface area contributed by atoms with Crippen molar-refractivity contribution in [2.75, 3.05) is 5.73 Å². The molecule has 6 heteroatoms. The fraction of sp³-hybridized carbons (Fsp3) is 0.286. The summed E-state index contributed by atoms with van der Waals surface area (Å²) in [5, 5.41) is 12.6. The first kappa shape index (κ1) is 13.1. The maximum atomic E-state index is 9.46. The summed E-state index contributed by atoms with van der Waals surface area (Å²) in [6, 6.07) is 5.63. The summed E-state index contributed by atoms with van der Waals surface area (Å²) in [7, 11) is 0. The van der Waals surface area contributed by atoms with E-state index in [0.717, 1.165) is 34.7 Å². The van der Waals surface area contributed by atoms with Crippen molar-refractivity contribution < 1.29 is 5.11 Å². The smallest absolute Gasteiger partial charge is 0.135 e. The number of nitrogen functional groups attached to an aromatic ring is 1. The molecule has 5 nitrogen and oxygen atoms in total. The molecule has 3 N–H and O–H groups in total. The highest BCUT2D eigenvalue weighted by atomic mass is 32.1. The van der Waals surface area contributed by atoms with E-state index in [9.17, 15) is 5.11 Å². The number of anilines is 1. The predicted molar refractivity (Wildman–Crippen MR) is 80.6 cm³/mol. The molecule has 3 aromatic rings. The van der Waals surface area contributed by atoms with Gasteiger partial charge in [0.05, 0.1) is 21.7 Å². The number of imidazole rings is 1. The second-order valence-electron chi connectivity index (χ2n) is 4.69. The summed E-state index contributed by atoms with van der Waals surface area (Å²) in [5.41, 5.74) is 9.35. The van der Waals surface area contributed by atoms with E-state index >= 15 is 0 Å². The summed E-state index contributed by atoms with van der Waals surface area (Å²) in [6.45, 7) is 2.67. The minimum atomic E-state index is -0.0787. The molecule has 2 aromatic heterocycles. The molecule has 0 amide bonds. The van der Waals surface area contributed by atoms with Gasteiger partial charge in [-0.3, -0.25) is 0 Å². The number of aliphatic hydroxyl groups is 1. The average molecular weight is 288 g/mol. The van der Waals surface area contributed by atoms with E-state index in [1.807, 2.05) is 29.7 Å². The van der Waals surface area contributed by atoms with Crippen molar-refractivity contribution in [1.29, 1.82) is 0 Å². The molecule has 0 spiro atoms. The number of fused-ring (bicyclic) bond motifs is 1. The molecule has 0 atom stereocenters. The highest BCUT2D eigenvalue weighted by Crippen LogP contribution is 2.20. The first-order chi connectivity index (χ1) is 9.67. The largest absolute Gasteiger partial charge is 0.399 e. The van der Waals surface area contributed by atoms with Gasteiger partial charge < -0.3 is 15.4 Å². The van der Waals surface area contributed by atoms with Crippen LogP contribution in [0.1, 0.15) is 16.5 Å². The number of nitrogens with two attached hydrogens (primary N) is 1. The lowest BCUT2D eigenvalue weighted by atomic mass is 10.2. The molecule has 0 fully saturated rings. The van der Waals surface area contributed by atoms with Gasteiger partial charge in [-0.25, -0.2) is 9.97 Å². The van der Waals surface area contributed by atoms with Gasteiger partial charge in [-0.2, -0.15) is 0 Å². The molecular weight excluding hydrogens is 272 g/mol. The summed E-state index contributed by atoms with van der Waals surface area (Å²) < 4.78 is 2.03. The van der Waals surface area contributed by atoms with E-state index in [1.54, 1.807) is 11.3 Å². The molecule has 0 radical (unpaired) electrons. The van der Waals surface area contributed by atoms with Crippen molar-refractivity contribution in [3.05, 3.63) is 40.1 Å². The minimum Gasteiger partial charge on any atom is -0.399 e. The molecule has 20 heavy (non-hydrogen) atoms. The third-order valence-corrected chi connectivity index (χ3v) is 4.07. The number of hydrogen-bond donors (Lipinski definition) is 2. The lowest BCUT2D eigenvalue weighted by Crippen LogP contribution is -2.06. The highest BCUT2D eigenvalue weighted by molar-refractivity contribution is 7.09. The van der Waals surface area contributed by atoms with Gasteiger partial charge in [0.15, 0.2) is 0 Å². The van der Waals surface area contributed by atoms with Crippen molar-refractivity contribution >= 4 is 28.1 Å². The van der Waals surface area contributed by atoms with E-state index in [0.29, 0.717) is 11.5 Å². The third kappa shape index (κ3) is 2.39. The van der Waals surface area contributed by atoms with Crippen LogP contribution in [-0.2, 0) is 19.6 Å². The third-order valence-electron chi connectivity index (χ3n) is 3.25. The number of nitrogens with zero attached hydrogens (tertiary/aromatic N) is 3. The second-order valence-corrected chi connectivity index (χ2v) is 5.76. The van der Waals surface area contributed by atoms with Crippen molar-refractivity contribution in [1.82, 2.24) is 14.5 Å². The number of rotatable bonds is 4. The van der Waals surface area contributed by atoms with Crippen LogP contribution in [-0.4, -0.2) is 19.6 Å². The van der Waals surface area contributed by atoms with Crippen LogP contribution in [0.3, 0.4) is 0 Å². The molecule has 1 aromatic carbocycles. The van der Waals surface area contributed by atoms with Crippen molar-refractivity contribution in [3.8, 4) is 0 Å². The Balaban J connectivity index is 1.93. The van der Waals surface area contributed by atoms with E-state index in [4.69, 9.17) is 5.73 Å². The predicted octanol–water partition coefficient (Wildman–Crippen LogP) is 2.12. The van der Waals surface area contributed by atoms with Crippen LogP contribution in [0, 0.1) is 6.92 Å². The zero-order valence-corrected chi connectivity index (χ0v) is 12.0. The topological polar surface area (TPSA) is 77.0 Å². The first-order valence-corrected chi connectivity index (χ1v) is 7.32. The van der Waals surface area contributed by atoms with Crippen LogP contribution in [0.4, 0.5) is 5.69 Å². The quantitative estimate of drug-likeness (QED) is 0.721. The van der Waals surface area contributed by atoms with E-state index in [-0.39, 0.29) is 6.61 Å². The van der Waals surface area contributed by atoms with Gasteiger partial charge in [0.2, 0.25) is 0 Å². The number of aromatic nitrogens is 3. The molecule has 0 bridgehead atoms. The Morgan fingerprint density at radius 3 is 2.90 bits per heavy atom. The zero-order chi connectivity index (χ0) is 14.1. The maximum Gasteiger partial charge on any atom is 0.135 e. The summed E-state index contributed by atoms with van der Waals surface area (Å²) in [5.74, 6) is 0.664. The van der Waals surface area contributed by atoms with Gasteiger partial charge in [0.25, 0.3) is 0 Å². The van der Waals surface area contributed by atoms with Gasteiger partial charge >= 0.3 is 0 Å². The molecule has 0 unspecified atom stereocenters. The molecule has 0 saturated heterocycles. The molecule has 3 rings (SSSR count). The van der Waals surface area contributed by atoms with Crippen molar-refractivity contribution in [2.45, 2.75) is 26.5 Å². The van der Waals surface area contributed by atoms with Gasteiger partial charge in [-0.05, 0) is 25.1 Å². The monoisotopic (exact) mass is 288 g/mol. The molecule has 0 aliphatic carbocycles. The van der Waals surface area contributed by atoms with Crippen LogP contribution in [0.5, 0.6) is 0 Å². The molecule has 0 aliphatic heterocycles. The number of benzene rings is 1. The zero-order valence-electron chi connectivity index (χ0n) is 11.2. The van der Waals surface area contributed by atoms with Crippen LogP contribution in [0.25, 0.3) is 11.0 Å². The average Bonchev–Trinajstić information content (AvgIpc) is 2.99. The normalized spacial score (nSPS) is 11.3. The Bertz CT molecular complexity index is 747. The van der Waals surface area contributed by atoms with Crippen LogP contribution >= 0.6 is 11.3 Å². The van der Waals surface area contributed by atoms with Gasteiger partial charge in [0, 0.05) is 24.0 Å². The lowest BCUT2D eigenvalue weighted by molar-refractivity contribution is 0.266. The molecule has 2 heterocycles. The summed E-state index contributed by atoms with van der Waals surface area (Å²) >= 11 is 1.66. The Kier molecular flexibility index (Phi) is 3.42. The fourth-order valence-corrected chi connectivity index (χ4v) is 2.96. The Morgan fingerprint density at radius 2 is 2.20 bits per heavy atom. The van der Waals surface area contributed by atoms with Crippen LogP contribution < -0.4 is 5.73 Å². The number of hydrogen-bond acceptors (Lipinski definition) is 5. The van der Waals surface area contributed by atoms with E-state index in [2.05, 4.69) is 15.3 Å².